The van der Waals surface area contributed by atoms with Gasteiger partial charge in [-0.2, -0.15) is 0 Å². The molecule has 100 valence electrons. The van der Waals surface area contributed by atoms with E-state index in [0.717, 1.165) is 0 Å². The van der Waals surface area contributed by atoms with Crippen molar-refractivity contribution in [1.82, 2.24) is 5.32 Å². The first-order chi connectivity index (χ1) is 8.60. The van der Waals surface area contributed by atoms with E-state index in [0.29, 0.717) is 18.5 Å². The van der Waals surface area contributed by atoms with Gasteiger partial charge in [-0.25, -0.2) is 0 Å². The highest BCUT2D eigenvalue weighted by molar-refractivity contribution is 5.76. The second kappa shape index (κ2) is 6.83. The summed E-state index contributed by atoms with van der Waals surface area (Å²) in [4.78, 5) is 11.2. The van der Waals surface area contributed by atoms with Crippen molar-refractivity contribution in [2.75, 3.05) is 20.3 Å². The first-order valence-electron chi connectivity index (χ1n) is 5.54. The van der Waals surface area contributed by atoms with Gasteiger partial charge >= 0.3 is 5.97 Å². The first-order valence-corrected chi connectivity index (χ1v) is 5.54. The number of methoxy groups -OCH3 is 1. The second-order valence-corrected chi connectivity index (χ2v) is 3.73. The number of carboxylic acids is 1. The number of aromatic hydroxyl groups is 1. The van der Waals surface area contributed by atoms with E-state index in [9.17, 15) is 9.90 Å². The average Bonchev–Trinajstić information content (AvgIpc) is 2.35. The predicted molar refractivity (Wildman–Crippen MR) is 64.7 cm³/mol. The maximum Gasteiger partial charge on any atom is 0.325 e. The molecule has 1 unspecified atom stereocenters. The molecule has 0 fully saturated rings. The number of carboxylic acid groups (broad SMARTS) is 1. The molecule has 0 heterocycles. The molecule has 0 bridgehead atoms. The molecule has 0 saturated heterocycles. The van der Waals surface area contributed by atoms with Crippen molar-refractivity contribution < 1.29 is 24.9 Å². The van der Waals surface area contributed by atoms with Crippen molar-refractivity contribution in [2.45, 2.75) is 12.5 Å². The summed E-state index contributed by atoms with van der Waals surface area (Å²) >= 11 is 0. The van der Waals surface area contributed by atoms with Crippen molar-refractivity contribution in [1.29, 1.82) is 0 Å². The largest absolute Gasteiger partial charge is 0.504 e. The van der Waals surface area contributed by atoms with Crippen LogP contribution in [-0.4, -0.2) is 41.6 Å². The molecule has 0 spiro atoms. The zero-order chi connectivity index (χ0) is 13.5. The van der Waals surface area contributed by atoms with E-state index in [4.69, 9.17) is 14.9 Å². The molecule has 0 aromatic heterocycles. The van der Waals surface area contributed by atoms with E-state index >= 15 is 0 Å². The fourth-order valence-corrected chi connectivity index (χ4v) is 1.55. The summed E-state index contributed by atoms with van der Waals surface area (Å²) < 4.78 is 4.93. The highest BCUT2D eigenvalue weighted by Gasteiger charge is 2.20. The molecule has 4 N–H and O–H groups in total. The van der Waals surface area contributed by atoms with E-state index in [-0.39, 0.29) is 18.1 Å². The summed E-state index contributed by atoms with van der Waals surface area (Å²) in [5.74, 6) is -0.843. The number of benzene rings is 1. The Morgan fingerprint density at radius 1 is 1.50 bits per heavy atom. The van der Waals surface area contributed by atoms with E-state index < -0.39 is 12.0 Å². The van der Waals surface area contributed by atoms with E-state index in [1.807, 2.05) is 0 Å². The number of aliphatic hydroxyl groups is 1. The number of ether oxygens (including phenoxy) is 1. The number of nitrogens with one attached hydrogen (secondary N) is 1. The molecule has 6 heteroatoms. The van der Waals surface area contributed by atoms with Gasteiger partial charge in [0.1, 0.15) is 6.04 Å². The number of rotatable bonds is 7. The van der Waals surface area contributed by atoms with Crippen LogP contribution in [-0.2, 0) is 4.79 Å². The third-order valence-electron chi connectivity index (χ3n) is 2.47. The van der Waals surface area contributed by atoms with Crippen molar-refractivity contribution in [3.05, 3.63) is 23.8 Å². The molecule has 0 aliphatic rings. The molecule has 0 aliphatic carbocycles. The molecule has 0 saturated carbocycles. The van der Waals surface area contributed by atoms with E-state index in [1.165, 1.54) is 25.3 Å². The van der Waals surface area contributed by atoms with Gasteiger partial charge in [0.2, 0.25) is 0 Å². The Bertz CT molecular complexity index is 407. The van der Waals surface area contributed by atoms with Gasteiger partial charge in [0.15, 0.2) is 11.5 Å². The highest BCUT2D eigenvalue weighted by atomic mass is 16.5. The van der Waals surface area contributed by atoms with Crippen LogP contribution in [0.25, 0.3) is 0 Å². The Hall–Kier alpha value is -1.79. The van der Waals surface area contributed by atoms with Crippen LogP contribution in [0.1, 0.15) is 18.0 Å². The van der Waals surface area contributed by atoms with Crippen LogP contribution < -0.4 is 10.1 Å². The third kappa shape index (κ3) is 3.61. The van der Waals surface area contributed by atoms with Crippen molar-refractivity contribution in [3.63, 3.8) is 0 Å². The smallest absolute Gasteiger partial charge is 0.325 e. The lowest BCUT2D eigenvalue weighted by Crippen LogP contribution is -2.29. The molecular weight excluding hydrogens is 238 g/mol. The number of hydrogen-bond acceptors (Lipinski definition) is 5. The Morgan fingerprint density at radius 2 is 2.22 bits per heavy atom. The molecule has 0 amide bonds. The SMILES string of the molecule is COc1cc(C(NCCCO)C(=O)O)ccc1O. The minimum Gasteiger partial charge on any atom is -0.504 e. The zero-order valence-corrected chi connectivity index (χ0v) is 10.1. The Morgan fingerprint density at radius 3 is 2.78 bits per heavy atom. The summed E-state index contributed by atoms with van der Waals surface area (Å²) in [6.45, 7) is 0.384. The number of phenolic OH excluding ortho intramolecular Hbond substituents is 1. The Kier molecular flexibility index (Phi) is 5.41. The number of hydrogen-bond donors (Lipinski definition) is 4. The molecule has 1 aromatic rings. The molecule has 1 aromatic carbocycles. The predicted octanol–water partition coefficient (Wildman–Crippen LogP) is 0.498. The zero-order valence-electron chi connectivity index (χ0n) is 10.1. The second-order valence-electron chi connectivity index (χ2n) is 3.73. The van der Waals surface area contributed by atoms with Gasteiger partial charge in [-0.1, -0.05) is 6.07 Å². The summed E-state index contributed by atoms with van der Waals surface area (Å²) in [5.41, 5.74) is 0.482. The normalized spacial score (nSPS) is 12.1. The Labute approximate surface area is 105 Å². The minimum atomic E-state index is -1.03. The fraction of sp³-hybridized carbons (Fsp3) is 0.417. The molecule has 1 rings (SSSR count). The number of aliphatic carboxylic acids is 1. The summed E-state index contributed by atoms with van der Waals surface area (Å²) in [5, 5.41) is 30.1. The maximum atomic E-state index is 11.2. The van der Waals surface area contributed by atoms with Crippen LogP contribution in [0.2, 0.25) is 0 Å². The van der Waals surface area contributed by atoms with Crippen molar-refractivity contribution in [3.8, 4) is 11.5 Å². The number of phenols is 1. The average molecular weight is 255 g/mol. The first kappa shape index (κ1) is 14.3. The lowest BCUT2D eigenvalue weighted by Gasteiger charge is -2.15. The highest BCUT2D eigenvalue weighted by Crippen LogP contribution is 2.29. The van der Waals surface area contributed by atoms with Gasteiger partial charge in [0.25, 0.3) is 0 Å². The van der Waals surface area contributed by atoms with Crippen molar-refractivity contribution >= 4 is 5.97 Å². The minimum absolute atomic E-state index is 0.00175. The van der Waals surface area contributed by atoms with Gasteiger partial charge in [0.05, 0.1) is 7.11 Å². The Balaban J connectivity index is 2.88. The number of aliphatic hydroxyl groups excluding tert-OH is 1. The third-order valence-corrected chi connectivity index (χ3v) is 2.47. The summed E-state index contributed by atoms with van der Waals surface area (Å²) in [6.07, 6.45) is 0.471. The van der Waals surface area contributed by atoms with Gasteiger partial charge in [-0.15, -0.1) is 0 Å². The lowest BCUT2D eigenvalue weighted by molar-refractivity contribution is -0.139. The molecule has 18 heavy (non-hydrogen) atoms. The van der Waals surface area contributed by atoms with Crippen molar-refractivity contribution in [2.24, 2.45) is 0 Å². The van der Waals surface area contributed by atoms with Gasteiger partial charge < -0.3 is 25.4 Å². The van der Waals surface area contributed by atoms with Crippen LogP contribution in [0, 0.1) is 0 Å². The summed E-state index contributed by atoms with van der Waals surface area (Å²) in [6, 6.07) is 3.48. The van der Waals surface area contributed by atoms with E-state index in [1.54, 1.807) is 0 Å². The molecule has 0 radical (unpaired) electrons. The summed E-state index contributed by atoms with van der Waals surface area (Å²) in [7, 11) is 1.40. The molecule has 1 atom stereocenters. The molecule has 6 nitrogen and oxygen atoms in total. The molecule has 0 aliphatic heterocycles. The van der Waals surface area contributed by atoms with Crippen LogP contribution in [0.15, 0.2) is 18.2 Å². The van der Waals surface area contributed by atoms with Crippen LogP contribution in [0.5, 0.6) is 11.5 Å². The topological polar surface area (TPSA) is 99.0 Å². The standard InChI is InChI=1S/C12H17NO5/c1-18-10-7-8(3-4-9(10)15)11(12(16)17)13-5-2-6-14/h3-4,7,11,13-15H,2,5-6H2,1H3,(H,16,17). The quantitative estimate of drug-likeness (QED) is 0.529. The fourth-order valence-electron chi connectivity index (χ4n) is 1.55. The monoisotopic (exact) mass is 255 g/mol. The van der Waals surface area contributed by atoms with Crippen LogP contribution >= 0.6 is 0 Å². The molecular formula is C12H17NO5. The van der Waals surface area contributed by atoms with Gasteiger partial charge in [-0.3, -0.25) is 4.79 Å². The van der Waals surface area contributed by atoms with Gasteiger partial charge in [0, 0.05) is 6.61 Å². The van der Waals surface area contributed by atoms with Crippen LogP contribution in [0.4, 0.5) is 0 Å². The van der Waals surface area contributed by atoms with Crippen LogP contribution in [0.3, 0.4) is 0 Å². The lowest BCUT2D eigenvalue weighted by atomic mass is 10.1. The maximum absolute atomic E-state index is 11.2. The van der Waals surface area contributed by atoms with E-state index in [2.05, 4.69) is 5.32 Å². The number of carbonyl (C=O) groups is 1. The van der Waals surface area contributed by atoms with Gasteiger partial charge in [-0.05, 0) is 30.7 Å².